The van der Waals surface area contributed by atoms with Crippen LogP contribution in [0.3, 0.4) is 0 Å². The largest absolute Gasteiger partial charge is 0.311 e. The summed E-state index contributed by atoms with van der Waals surface area (Å²) in [6, 6.07) is 1.56. The van der Waals surface area contributed by atoms with Crippen LogP contribution in [-0.4, -0.2) is 12.1 Å². The Morgan fingerprint density at radius 2 is 1.80 bits per heavy atom. The molecule has 1 N–H and O–H groups in total. The van der Waals surface area contributed by atoms with Crippen LogP contribution in [-0.2, 0) is 0 Å². The molecule has 0 aromatic heterocycles. The topological polar surface area (TPSA) is 12.0 Å². The van der Waals surface area contributed by atoms with Gasteiger partial charge in [0.15, 0.2) is 0 Å². The van der Waals surface area contributed by atoms with Crippen LogP contribution in [0.1, 0.15) is 59.3 Å². The van der Waals surface area contributed by atoms with E-state index >= 15 is 0 Å². The molecule has 15 heavy (non-hydrogen) atoms. The Hall–Kier alpha value is -0.0400. The van der Waals surface area contributed by atoms with Gasteiger partial charge < -0.3 is 5.32 Å². The summed E-state index contributed by atoms with van der Waals surface area (Å²) in [5.41, 5.74) is 0. The fourth-order valence-electron chi connectivity index (χ4n) is 3.18. The van der Waals surface area contributed by atoms with Crippen molar-refractivity contribution in [1.29, 1.82) is 0 Å². The molecule has 2 aliphatic carbocycles. The molecule has 0 amide bonds. The average Bonchev–Trinajstić information content (AvgIpc) is 2.08. The predicted molar refractivity (Wildman–Crippen MR) is 65.9 cm³/mol. The number of rotatable bonds is 3. The molecule has 0 aliphatic heterocycles. The zero-order valence-electron chi connectivity index (χ0n) is 10.6. The summed E-state index contributed by atoms with van der Waals surface area (Å²) < 4.78 is 0. The molecule has 0 aromatic carbocycles. The summed E-state index contributed by atoms with van der Waals surface area (Å²) in [4.78, 5) is 0. The minimum absolute atomic E-state index is 0.761. The van der Waals surface area contributed by atoms with Crippen LogP contribution in [0.4, 0.5) is 0 Å². The Morgan fingerprint density at radius 3 is 2.40 bits per heavy atom. The van der Waals surface area contributed by atoms with Gasteiger partial charge in [-0.1, -0.05) is 26.7 Å². The molecule has 1 nitrogen and oxygen atoms in total. The van der Waals surface area contributed by atoms with E-state index < -0.39 is 0 Å². The van der Waals surface area contributed by atoms with Crippen molar-refractivity contribution in [3.63, 3.8) is 0 Å². The van der Waals surface area contributed by atoms with E-state index in [4.69, 9.17) is 0 Å². The lowest BCUT2D eigenvalue weighted by Crippen LogP contribution is -2.47. The van der Waals surface area contributed by atoms with Crippen molar-refractivity contribution in [3.8, 4) is 0 Å². The van der Waals surface area contributed by atoms with Crippen molar-refractivity contribution < 1.29 is 0 Å². The van der Waals surface area contributed by atoms with Crippen LogP contribution in [0.25, 0.3) is 0 Å². The van der Waals surface area contributed by atoms with Crippen molar-refractivity contribution in [1.82, 2.24) is 5.32 Å². The van der Waals surface area contributed by atoms with E-state index in [0.29, 0.717) is 0 Å². The molecule has 4 atom stereocenters. The van der Waals surface area contributed by atoms with Crippen LogP contribution in [0, 0.1) is 17.8 Å². The van der Waals surface area contributed by atoms with Gasteiger partial charge in [0.25, 0.3) is 0 Å². The monoisotopic (exact) mass is 209 g/mol. The second-order valence-corrected chi connectivity index (χ2v) is 6.15. The fourth-order valence-corrected chi connectivity index (χ4v) is 3.18. The summed E-state index contributed by atoms with van der Waals surface area (Å²) in [5.74, 6) is 2.81. The third-order valence-electron chi connectivity index (χ3n) is 4.79. The number of hydrogen-bond acceptors (Lipinski definition) is 1. The van der Waals surface area contributed by atoms with Crippen molar-refractivity contribution >= 4 is 0 Å². The van der Waals surface area contributed by atoms with Gasteiger partial charge in [0, 0.05) is 12.1 Å². The molecule has 4 unspecified atom stereocenters. The average molecular weight is 209 g/mol. The number of hydrogen-bond donors (Lipinski definition) is 1. The highest BCUT2D eigenvalue weighted by molar-refractivity contribution is 4.87. The normalized spacial score (nSPS) is 39.8. The quantitative estimate of drug-likeness (QED) is 0.749. The second-order valence-electron chi connectivity index (χ2n) is 6.15. The Kier molecular flexibility index (Phi) is 3.71. The van der Waals surface area contributed by atoms with Gasteiger partial charge in [0.05, 0.1) is 0 Å². The Labute approximate surface area is 95.0 Å². The molecular formula is C14H27N. The maximum absolute atomic E-state index is 3.90. The highest BCUT2D eigenvalue weighted by Gasteiger charge is 2.30. The molecule has 1 heteroatoms. The third-order valence-corrected chi connectivity index (χ3v) is 4.79. The number of nitrogens with one attached hydrogen (secondary N) is 1. The lowest BCUT2D eigenvalue weighted by atomic mass is 9.77. The molecule has 88 valence electrons. The maximum Gasteiger partial charge on any atom is 0.00978 e. The van der Waals surface area contributed by atoms with E-state index in [1.807, 2.05) is 0 Å². The zero-order chi connectivity index (χ0) is 10.8. The van der Waals surface area contributed by atoms with Crippen LogP contribution >= 0.6 is 0 Å². The molecule has 0 bridgehead atoms. The summed E-state index contributed by atoms with van der Waals surface area (Å²) in [6.45, 7) is 7.24. The van der Waals surface area contributed by atoms with E-state index in [0.717, 1.165) is 29.8 Å². The molecule has 0 spiro atoms. The standard InChI is InChI=1S/C14H27N/c1-10-7-8-11(2)14(9-10)15-12(3)13-5-4-6-13/h10-15H,4-9H2,1-3H3. The molecule has 0 aromatic rings. The van der Waals surface area contributed by atoms with Gasteiger partial charge in [-0.15, -0.1) is 0 Å². The molecule has 2 rings (SSSR count). The van der Waals surface area contributed by atoms with Crippen LogP contribution in [0.15, 0.2) is 0 Å². The third kappa shape index (κ3) is 2.75. The van der Waals surface area contributed by atoms with Crippen molar-refractivity contribution in [2.75, 3.05) is 0 Å². The van der Waals surface area contributed by atoms with E-state index in [-0.39, 0.29) is 0 Å². The first-order chi connectivity index (χ1) is 7.16. The van der Waals surface area contributed by atoms with Crippen LogP contribution in [0.2, 0.25) is 0 Å². The summed E-state index contributed by atoms with van der Waals surface area (Å²) in [7, 11) is 0. The maximum atomic E-state index is 3.90. The van der Waals surface area contributed by atoms with Gasteiger partial charge in [0.2, 0.25) is 0 Å². The first-order valence-electron chi connectivity index (χ1n) is 6.93. The van der Waals surface area contributed by atoms with Gasteiger partial charge in [0.1, 0.15) is 0 Å². The van der Waals surface area contributed by atoms with Crippen molar-refractivity contribution in [2.45, 2.75) is 71.4 Å². The molecule has 0 saturated heterocycles. The Bertz CT molecular complexity index is 198. The minimum Gasteiger partial charge on any atom is -0.311 e. The summed E-state index contributed by atoms with van der Waals surface area (Å²) in [6.07, 6.45) is 8.66. The van der Waals surface area contributed by atoms with E-state index in [9.17, 15) is 0 Å². The van der Waals surface area contributed by atoms with Gasteiger partial charge in [-0.05, 0) is 50.4 Å². The van der Waals surface area contributed by atoms with Gasteiger partial charge in [-0.25, -0.2) is 0 Å². The molecule has 2 saturated carbocycles. The van der Waals surface area contributed by atoms with E-state index in [1.54, 1.807) is 0 Å². The van der Waals surface area contributed by atoms with E-state index in [1.165, 1.54) is 38.5 Å². The zero-order valence-corrected chi connectivity index (χ0v) is 10.6. The Morgan fingerprint density at radius 1 is 1.07 bits per heavy atom. The first-order valence-corrected chi connectivity index (χ1v) is 6.93. The Balaban J connectivity index is 1.80. The SMILES string of the molecule is CC1CCC(C)C(NC(C)C2CCC2)C1. The smallest absolute Gasteiger partial charge is 0.00978 e. The van der Waals surface area contributed by atoms with Gasteiger partial charge >= 0.3 is 0 Å². The van der Waals surface area contributed by atoms with Gasteiger partial charge in [-0.2, -0.15) is 0 Å². The second kappa shape index (κ2) is 4.86. The highest BCUT2D eigenvalue weighted by atomic mass is 15.0. The minimum atomic E-state index is 0.761. The lowest BCUT2D eigenvalue weighted by Gasteiger charge is -2.39. The van der Waals surface area contributed by atoms with Crippen LogP contribution < -0.4 is 5.32 Å². The summed E-state index contributed by atoms with van der Waals surface area (Å²) in [5, 5.41) is 3.90. The first kappa shape index (κ1) is 11.4. The van der Waals surface area contributed by atoms with Crippen molar-refractivity contribution in [3.05, 3.63) is 0 Å². The highest BCUT2D eigenvalue weighted by Crippen LogP contribution is 2.32. The molecule has 0 radical (unpaired) electrons. The lowest BCUT2D eigenvalue weighted by molar-refractivity contribution is 0.168. The van der Waals surface area contributed by atoms with E-state index in [2.05, 4.69) is 26.1 Å². The van der Waals surface area contributed by atoms with Gasteiger partial charge in [-0.3, -0.25) is 0 Å². The fraction of sp³-hybridized carbons (Fsp3) is 1.00. The predicted octanol–water partition coefficient (Wildman–Crippen LogP) is 3.59. The molecule has 2 aliphatic rings. The molecule has 0 heterocycles. The van der Waals surface area contributed by atoms with Crippen molar-refractivity contribution in [2.24, 2.45) is 17.8 Å². The summed E-state index contributed by atoms with van der Waals surface area (Å²) >= 11 is 0. The van der Waals surface area contributed by atoms with Crippen LogP contribution in [0.5, 0.6) is 0 Å². The molecule has 2 fully saturated rings. The molecular weight excluding hydrogens is 182 g/mol.